The SMILES string of the molecule is c1ccc(N(c2ccc3c(c2)C2(c4ccccc4-c4ccccc4-c4ccccc4-3)c3ccccc3-c3ccc(N(c4ccccc4)c4cccc5c4oc4ccccc45)cc32)c2cccc3c2oc2ccccc23)cc1. The zero-order chi connectivity index (χ0) is 50.6. The molecule has 0 saturated heterocycles. The molecule has 2 heterocycles. The first-order chi connectivity index (χ1) is 38.2. The summed E-state index contributed by atoms with van der Waals surface area (Å²) in [6, 6.07) is 102. The van der Waals surface area contributed by atoms with Crippen molar-refractivity contribution in [2.45, 2.75) is 5.41 Å². The van der Waals surface area contributed by atoms with Gasteiger partial charge in [0.25, 0.3) is 0 Å². The molecule has 4 heteroatoms. The first-order valence-corrected chi connectivity index (χ1v) is 26.4. The maximum Gasteiger partial charge on any atom is 0.159 e. The predicted molar refractivity (Wildman–Crippen MR) is 318 cm³/mol. The van der Waals surface area contributed by atoms with E-state index in [9.17, 15) is 0 Å². The Morgan fingerprint density at radius 1 is 0.234 bits per heavy atom. The fourth-order valence-corrected chi connectivity index (χ4v) is 13.1. The Kier molecular flexibility index (Phi) is 9.52. The molecule has 1 spiro atoms. The highest BCUT2D eigenvalue weighted by Gasteiger charge is 2.50. The smallest absolute Gasteiger partial charge is 0.159 e. The van der Waals surface area contributed by atoms with E-state index in [-0.39, 0.29) is 0 Å². The minimum Gasteiger partial charge on any atom is -0.454 e. The monoisotopic (exact) mass is 982 g/mol. The topological polar surface area (TPSA) is 32.8 Å². The van der Waals surface area contributed by atoms with E-state index in [0.29, 0.717) is 0 Å². The minimum absolute atomic E-state index is 0.837. The molecule has 16 rings (SSSR count). The summed E-state index contributed by atoms with van der Waals surface area (Å²) in [5.74, 6) is 0. The molecular formula is C73H46N2O2. The van der Waals surface area contributed by atoms with E-state index in [2.05, 4.69) is 277 Å². The molecule has 12 aromatic carbocycles. The summed E-state index contributed by atoms with van der Waals surface area (Å²) in [5.41, 5.74) is 22.8. The maximum atomic E-state index is 6.89. The molecular weight excluding hydrogens is 937 g/mol. The van der Waals surface area contributed by atoms with Crippen LogP contribution in [0.25, 0.3) is 88.4 Å². The molecule has 0 fully saturated rings. The first kappa shape index (κ1) is 43.3. The quantitative estimate of drug-likeness (QED) is 0.166. The molecule has 0 radical (unpaired) electrons. The van der Waals surface area contributed by atoms with Crippen LogP contribution in [0, 0.1) is 0 Å². The summed E-state index contributed by atoms with van der Waals surface area (Å²) in [7, 11) is 0. The van der Waals surface area contributed by atoms with Gasteiger partial charge in [0.2, 0.25) is 0 Å². The van der Waals surface area contributed by atoms with Gasteiger partial charge in [-0.1, -0.05) is 206 Å². The summed E-state index contributed by atoms with van der Waals surface area (Å²) >= 11 is 0. The minimum atomic E-state index is -0.879. The van der Waals surface area contributed by atoms with Crippen LogP contribution in [0.1, 0.15) is 22.3 Å². The van der Waals surface area contributed by atoms with Crippen molar-refractivity contribution in [3.63, 3.8) is 0 Å². The molecule has 0 N–H and O–H groups in total. The second kappa shape index (κ2) is 16.9. The van der Waals surface area contributed by atoms with Gasteiger partial charge in [0.05, 0.1) is 16.8 Å². The summed E-state index contributed by atoms with van der Waals surface area (Å²) in [6.07, 6.45) is 0. The molecule has 0 bridgehead atoms. The van der Waals surface area contributed by atoms with Crippen molar-refractivity contribution in [1.82, 2.24) is 0 Å². The third-order valence-corrected chi connectivity index (χ3v) is 16.3. The van der Waals surface area contributed by atoms with Gasteiger partial charge in [-0.25, -0.2) is 0 Å². The van der Waals surface area contributed by atoms with Crippen LogP contribution in [0.3, 0.4) is 0 Å². The molecule has 2 aromatic heterocycles. The van der Waals surface area contributed by atoms with E-state index in [1.165, 1.54) is 61.2 Å². The summed E-state index contributed by atoms with van der Waals surface area (Å²) in [4.78, 5) is 4.77. The van der Waals surface area contributed by atoms with Crippen molar-refractivity contribution in [2.24, 2.45) is 0 Å². The summed E-state index contributed by atoms with van der Waals surface area (Å²) < 4.78 is 13.8. The van der Waals surface area contributed by atoms with Gasteiger partial charge in [-0.3, -0.25) is 0 Å². The Hall–Kier alpha value is -10.2. The number of furan rings is 2. The Bertz CT molecular complexity index is 4660. The normalized spacial score (nSPS) is 14.0. The van der Waals surface area contributed by atoms with Gasteiger partial charge < -0.3 is 18.6 Å². The molecule has 0 aliphatic heterocycles. The highest BCUT2D eigenvalue weighted by atomic mass is 16.3. The van der Waals surface area contributed by atoms with Crippen LogP contribution in [0.5, 0.6) is 0 Å². The first-order valence-electron chi connectivity index (χ1n) is 26.4. The molecule has 4 nitrogen and oxygen atoms in total. The molecule has 0 amide bonds. The molecule has 0 saturated carbocycles. The van der Waals surface area contributed by atoms with E-state index >= 15 is 0 Å². The molecule has 2 aliphatic carbocycles. The van der Waals surface area contributed by atoms with Crippen LogP contribution < -0.4 is 9.80 Å². The maximum absolute atomic E-state index is 6.89. The van der Waals surface area contributed by atoms with Crippen LogP contribution in [0.4, 0.5) is 34.1 Å². The van der Waals surface area contributed by atoms with Gasteiger partial charge in [-0.2, -0.15) is 0 Å². The van der Waals surface area contributed by atoms with Gasteiger partial charge in [0, 0.05) is 44.3 Å². The number of fused-ring (bicyclic) bond motifs is 20. The van der Waals surface area contributed by atoms with Crippen LogP contribution in [-0.2, 0) is 5.41 Å². The molecule has 1 unspecified atom stereocenters. The second-order valence-corrected chi connectivity index (χ2v) is 20.2. The third kappa shape index (κ3) is 6.33. The zero-order valence-corrected chi connectivity index (χ0v) is 41.8. The van der Waals surface area contributed by atoms with Crippen LogP contribution >= 0.6 is 0 Å². The molecule has 360 valence electrons. The largest absolute Gasteiger partial charge is 0.454 e. The predicted octanol–water partition coefficient (Wildman–Crippen LogP) is 20.1. The lowest BCUT2D eigenvalue weighted by Crippen LogP contribution is -2.30. The molecule has 77 heavy (non-hydrogen) atoms. The average molecular weight is 983 g/mol. The highest BCUT2D eigenvalue weighted by molar-refractivity contribution is 6.12. The Balaban J connectivity index is 1.05. The number of rotatable bonds is 6. The number of hydrogen-bond acceptors (Lipinski definition) is 4. The number of benzene rings is 12. The van der Waals surface area contributed by atoms with Gasteiger partial charge in [0.1, 0.15) is 11.2 Å². The lowest BCUT2D eigenvalue weighted by atomic mass is 9.64. The Morgan fingerprint density at radius 2 is 0.571 bits per heavy atom. The van der Waals surface area contributed by atoms with Crippen molar-refractivity contribution in [3.8, 4) is 44.5 Å². The lowest BCUT2D eigenvalue weighted by Gasteiger charge is -2.38. The Morgan fingerprint density at radius 3 is 1.04 bits per heavy atom. The van der Waals surface area contributed by atoms with Crippen molar-refractivity contribution < 1.29 is 8.83 Å². The van der Waals surface area contributed by atoms with E-state index in [1.54, 1.807) is 0 Å². The van der Waals surface area contributed by atoms with Crippen LogP contribution in [0.15, 0.2) is 288 Å². The van der Waals surface area contributed by atoms with Crippen molar-refractivity contribution in [1.29, 1.82) is 0 Å². The lowest BCUT2D eigenvalue weighted by molar-refractivity contribution is 0.668. The second-order valence-electron chi connectivity index (χ2n) is 20.2. The van der Waals surface area contributed by atoms with Gasteiger partial charge in [0.15, 0.2) is 11.2 Å². The van der Waals surface area contributed by atoms with Gasteiger partial charge in [-0.05, 0) is 140 Å². The fourth-order valence-electron chi connectivity index (χ4n) is 13.1. The average Bonchev–Trinajstić information content (AvgIpc) is 4.29. The van der Waals surface area contributed by atoms with Crippen LogP contribution in [0.2, 0.25) is 0 Å². The highest BCUT2D eigenvalue weighted by Crippen LogP contribution is 2.62. The van der Waals surface area contributed by atoms with E-state index in [0.717, 1.165) is 83.6 Å². The number of hydrogen-bond donors (Lipinski definition) is 0. The fraction of sp³-hybridized carbons (Fsp3) is 0.0137. The van der Waals surface area contributed by atoms with E-state index in [4.69, 9.17) is 8.83 Å². The number of para-hydroxylation sites is 6. The van der Waals surface area contributed by atoms with E-state index < -0.39 is 5.41 Å². The molecule has 14 aromatic rings. The van der Waals surface area contributed by atoms with Gasteiger partial charge in [-0.15, -0.1) is 0 Å². The molecule has 1 atom stereocenters. The number of nitrogens with zero attached hydrogens (tertiary/aromatic N) is 2. The van der Waals surface area contributed by atoms with Crippen LogP contribution in [-0.4, -0.2) is 0 Å². The van der Waals surface area contributed by atoms with Crippen molar-refractivity contribution >= 4 is 78.0 Å². The number of anilines is 6. The van der Waals surface area contributed by atoms with Crippen molar-refractivity contribution in [3.05, 3.63) is 301 Å². The summed E-state index contributed by atoms with van der Waals surface area (Å²) in [6.45, 7) is 0. The summed E-state index contributed by atoms with van der Waals surface area (Å²) in [5, 5.41) is 4.34. The van der Waals surface area contributed by atoms with E-state index in [1.807, 2.05) is 12.1 Å². The van der Waals surface area contributed by atoms with Gasteiger partial charge >= 0.3 is 0 Å². The Labute approximate surface area is 445 Å². The zero-order valence-electron chi connectivity index (χ0n) is 41.8. The standard InChI is InChI=1S/C73H46N2O2/c1-3-21-47(22-4-1)74(67-37-19-33-61-59-31-13-17-39-69(59)76-71(61)67)49-41-43-57-54-28-10-8-26-52(54)51-25-7-9-27-53(51)55-29-11-15-35-63(55)73(65(57)45-49)64-36-16-12-30-56(64)58-44-42-50(46-66(58)73)75(48-23-5-2-6-24-48)68-38-20-34-62-60-32-14-18-40-70(60)77-72(62)68/h1-46H. The molecule has 2 aliphatic rings. The third-order valence-electron chi connectivity index (χ3n) is 16.3. The van der Waals surface area contributed by atoms with Crippen molar-refractivity contribution in [2.75, 3.05) is 9.80 Å².